The number of rotatable bonds is 2. The summed E-state index contributed by atoms with van der Waals surface area (Å²) in [4.78, 5) is 26.9. The van der Waals surface area contributed by atoms with Crippen LogP contribution in [-0.2, 0) is 0 Å². The standard InChI is InChI=1S/C11H17N3O2/c1-7-4-2-3-5-8(7)12-9-6-10(15)14-11(16)13-9/h6-8H,2-5H2,1H3,(H3,12,13,14,15,16)/t7-,8+/m1/s1. The van der Waals surface area contributed by atoms with Crippen molar-refractivity contribution in [2.45, 2.75) is 38.6 Å². The van der Waals surface area contributed by atoms with Crippen LogP contribution < -0.4 is 16.6 Å². The summed E-state index contributed by atoms with van der Waals surface area (Å²) in [6, 6.07) is 1.74. The van der Waals surface area contributed by atoms with E-state index < -0.39 is 5.69 Å². The van der Waals surface area contributed by atoms with Crippen LogP contribution in [0.1, 0.15) is 32.6 Å². The van der Waals surface area contributed by atoms with Gasteiger partial charge in [-0.25, -0.2) is 4.79 Å². The fraction of sp³-hybridized carbons (Fsp3) is 0.636. The van der Waals surface area contributed by atoms with Gasteiger partial charge in [0.05, 0.1) is 0 Å². The van der Waals surface area contributed by atoms with Crippen LogP contribution >= 0.6 is 0 Å². The van der Waals surface area contributed by atoms with E-state index in [0.717, 1.165) is 6.42 Å². The molecule has 88 valence electrons. The molecule has 1 aliphatic carbocycles. The van der Waals surface area contributed by atoms with E-state index in [9.17, 15) is 9.59 Å². The molecule has 0 bridgehead atoms. The van der Waals surface area contributed by atoms with E-state index in [0.29, 0.717) is 17.8 Å². The minimum atomic E-state index is -0.460. The Morgan fingerprint density at radius 1 is 1.25 bits per heavy atom. The zero-order valence-electron chi connectivity index (χ0n) is 9.38. The molecule has 1 aromatic rings. The lowest BCUT2D eigenvalue weighted by atomic mass is 9.86. The van der Waals surface area contributed by atoms with Gasteiger partial charge in [-0.1, -0.05) is 19.8 Å². The Labute approximate surface area is 93.3 Å². The van der Waals surface area contributed by atoms with Crippen molar-refractivity contribution >= 4 is 5.82 Å². The highest BCUT2D eigenvalue weighted by molar-refractivity contribution is 5.33. The lowest BCUT2D eigenvalue weighted by Gasteiger charge is -2.29. The summed E-state index contributed by atoms with van der Waals surface area (Å²) in [5, 5.41) is 3.24. The lowest BCUT2D eigenvalue weighted by molar-refractivity contribution is 0.349. The maximum atomic E-state index is 11.1. The first-order valence-corrected chi connectivity index (χ1v) is 5.75. The molecule has 0 amide bonds. The van der Waals surface area contributed by atoms with Gasteiger partial charge in [0.15, 0.2) is 0 Å². The van der Waals surface area contributed by atoms with Crippen molar-refractivity contribution in [2.75, 3.05) is 5.32 Å². The quantitative estimate of drug-likeness (QED) is 0.701. The number of nitrogens with one attached hydrogen (secondary N) is 3. The van der Waals surface area contributed by atoms with Gasteiger partial charge < -0.3 is 5.32 Å². The van der Waals surface area contributed by atoms with E-state index in [1.54, 1.807) is 0 Å². The van der Waals surface area contributed by atoms with E-state index >= 15 is 0 Å². The predicted molar refractivity (Wildman–Crippen MR) is 62.7 cm³/mol. The Morgan fingerprint density at radius 3 is 2.69 bits per heavy atom. The predicted octanol–water partition coefficient (Wildman–Crippen LogP) is 1.05. The van der Waals surface area contributed by atoms with Gasteiger partial charge in [0.25, 0.3) is 5.56 Å². The molecule has 2 atom stereocenters. The molecule has 0 unspecified atom stereocenters. The molecule has 0 saturated heterocycles. The monoisotopic (exact) mass is 223 g/mol. The Balaban J connectivity index is 2.13. The Kier molecular flexibility index (Phi) is 3.12. The van der Waals surface area contributed by atoms with E-state index in [4.69, 9.17) is 0 Å². The maximum absolute atomic E-state index is 11.1. The smallest absolute Gasteiger partial charge is 0.327 e. The number of anilines is 1. The number of aromatic nitrogens is 2. The second-order valence-corrected chi connectivity index (χ2v) is 4.51. The molecule has 1 aromatic heterocycles. The molecule has 0 aromatic carbocycles. The van der Waals surface area contributed by atoms with Crippen molar-refractivity contribution < 1.29 is 0 Å². The molecule has 2 rings (SSSR count). The first-order valence-electron chi connectivity index (χ1n) is 5.75. The van der Waals surface area contributed by atoms with Gasteiger partial charge in [0, 0.05) is 12.1 Å². The van der Waals surface area contributed by atoms with E-state index in [1.807, 2.05) is 0 Å². The number of hydrogen-bond acceptors (Lipinski definition) is 3. The van der Waals surface area contributed by atoms with Crippen LogP contribution in [0.2, 0.25) is 0 Å². The molecule has 1 saturated carbocycles. The van der Waals surface area contributed by atoms with E-state index in [2.05, 4.69) is 22.2 Å². The van der Waals surface area contributed by atoms with Crippen molar-refractivity contribution in [3.05, 3.63) is 26.9 Å². The van der Waals surface area contributed by atoms with Gasteiger partial charge in [-0.3, -0.25) is 14.8 Å². The fourth-order valence-corrected chi connectivity index (χ4v) is 2.28. The molecule has 16 heavy (non-hydrogen) atoms. The van der Waals surface area contributed by atoms with Crippen LogP contribution in [0.5, 0.6) is 0 Å². The average Bonchev–Trinajstić information content (AvgIpc) is 2.20. The molecule has 1 aliphatic rings. The van der Waals surface area contributed by atoms with Crippen molar-refractivity contribution in [1.29, 1.82) is 0 Å². The van der Waals surface area contributed by atoms with Gasteiger partial charge in [-0.15, -0.1) is 0 Å². The molecule has 0 aliphatic heterocycles. The first-order chi connectivity index (χ1) is 7.65. The zero-order chi connectivity index (χ0) is 11.5. The minimum absolute atomic E-state index is 0.353. The zero-order valence-corrected chi connectivity index (χ0v) is 9.38. The van der Waals surface area contributed by atoms with Gasteiger partial charge in [-0.2, -0.15) is 0 Å². The molecule has 5 nitrogen and oxygen atoms in total. The average molecular weight is 223 g/mol. The highest BCUT2D eigenvalue weighted by atomic mass is 16.2. The maximum Gasteiger partial charge on any atom is 0.327 e. The van der Waals surface area contributed by atoms with Crippen LogP contribution in [0.4, 0.5) is 5.82 Å². The van der Waals surface area contributed by atoms with Crippen molar-refractivity contribution in [2.24, 2.45) is 5.92 Å². The fourth-order valence-electron chi connectivity index (χ4n) is 2.28. The largest absolute Gasteiger partial charge is 0.368 e. The lowest BCUT2D eigenvalue weighted by Crippen LogP contribution is -2.32. The van der Waals surface area contributed by atoms with Crippen LogP contribution in [0.15, 0.2) is 15.7 Å². The minimum Gasteiger partial charge on any atom is -0.368 e. The van der Waals surface area contributed by atoms with Crippen molar-refractivity contribution in [3.63, 3.8) is 0 Å². The normalized spacial score (nSPS) is 25.3. The van der Waals surface area contributed by atoms with Crippen LogP contribution in [0, 0.1) is 5.92 Å². The van der Waals surface area contributed by atoms with E-state index in [1.165, 1.54) is 25.3 Å². The third-order valence-electron chi connectivity index (χ3n) is 3.21. The summed E-state index contributed by atoms with van der Waals surface area (Å²) in [5.74, 6) is 1.10. The van der Waals surface area contributed by atoms with Gasteiger partial charge in [0.1, 0.15) is 5.82 Å². The summed E-state index contributed by atoms with van der Waals surface area (Å²) in [5.41, 5.74) is -0.826. The van der Waals surface area contributed by atoms with Crippen LogP contribution in [0.25, 0.3) is 0 Å². The second-order valence-electron chi connectivity index (χ2n) is 4.51. The summed E-state index contributed by atoms with van der Waals surface area (Å²) >= 11 is 0. The van der Waals surface area contributed by atoms with Crippen LogP contribution in [0.3, 0.4) is 0 Å². The Morgan fingerprint density at radius 2 is 2.00 bits per heavy atom. The van der Waals surface area contributed by atoms with Gasteiger partial charge in [0.2, 0.25) is 0 Å². The number of H-pyrrole nitrogens is 2. The topological polar surface area (TPSA) is 77.8 Å². The molecular formula is C11H17N3O2. The van der Waals surface area contributed by atoms with Gasteiger partial charge in [-0.05, 0) is 18.8 Å². The molecular weight excluding hydrogens is 206 g/mol. The summed E-state index contributed by atoms with van der Waals surface area (Å²) < 4.78 is 0. The first kappa shape index (κ1) is 11.0. The summed E-state index contributed by atoms with van der Waals surface area (Å²) in [7, 11) is 0. The Bertz CT molecular complexity index is 435. The van der Waals surface area contributed by atoms with E-state index in [-0.39, 0.29) is 5.56 Å². The van der Waals surface area contributed by atoms with Gasteiger partial charge >= 0.3 is 5.69 Å². The molecule has 0 radical (unpaired) electrons. The Hall–Kier alpha value is -1.52. The molecule has 0 spiro atoms. The molecule has 1 heterocycles. The van der Waals surface area contributed by atoms with Crippen molar-refractivity contribution in [3.8, 4) is 0 Å². The third-order valence-corrected chi connectivity index (χ3v) is 3.21. The third kappa shape index (κ3) is 2.53. The SMILES string of the molecule is C[C@@H]1CCCC[C@@H]1Nc1cc(=O)[nH]c(=O)[nH]1. The number of hydrogen-bond donors (Lipinski definition) is 3. The highest BCUT2D eigenvalue weighted by Gasteiger charge is 2.21. The summed E-state index contributed by atoms with van der Waals surface area (Å²) in [6.07, 6.45) is 4.77. The summed E-state index contributed by atoms with van der Waals surface area (Å²) in [6.45, 7) is 2.20. The van der Waals surface area contributed by atoms with Crippen molar-refractivity contribution in [1.82, 2.24) is 9.97 Å². The molecule has 5 heteroatoms. The number of aromatic amines is 2. The van der Waals surface area contributed by atoms with Crippen LogP contribution in [-0.4, -0.2) is 16.0 Å². The highest BCUT2D eigenvalue weighted by Crippen LogP contribution is 2.25. The molecule has 1 fully saturated rings. The second kappa shape index (κ2) is 4.55. The molecule has 3 N–H and O–H groups in total.